The summed E-state index contributed by atoms with van der Waals surface area (Å²) in [7, 11) is 0. The molecule has 2 atom stereocenters. The van der Waals surface area contributed by atoms with Crippen molar-refractivity contribution in [3.8, 4) is 0 Å². The third kappa shape index (κ3) is 4.50. The van der Waals surface area contributed by atoms with Crippen molar-refractivity contribution < 1.29 is 9.47 Å². The predicted octanol–water partition coefficient (Wildman–Crippen LogP) is 4.53. The van der Waals surface area contributed by atoms with Crippen LogP contribution < -0.4 is 11.2 Å². The van der Waals surface area contributed by atoms with Gasteiger partial charge in [-0.2, -0.15) is 0 Å². The molecule has 1 aliphatic heterocycles. The molecule has 1 aromatic heterocycles. The quantitative estimate of drug-likeness (QED) is 0.405. The minimum absolute atomic E-state index is 0.199. The molecule has 0 bridgehead atoms. The van der Waals surface area contributed by atoms with Crippen molar-refractivity contribution in [3.05, 3.63) is 140 Å². The molecule has 1 fully saturated rings. The molecule has 1 saturated heterocycles. The zero-order valence-electron chi connectivity index (χ0n) is 19.6. The number of aromatic nitrogens is 2. The lowest BCUT2D eigenvalue weighted by molar-refractivity contribution is -0.0774. The monoisotopic (exact) mass is 468 g/mol. The standard InChI is InChI=1S/C29H28N2O4/c1-21-19-31(28(33)30-27(21)32)26-18-17-25(35-26)20-34-29(22-11-5-2-6-12-22,23-13-7-3-8-14-23)24-15-9-4-10-16-24/h2-16,19,25-26H,17-18,20H2,1H3,(H,30,32,33)/t25-,26?/m0/s1. The first-order valence-electron chi connectivity index (χ1n) is 11.9. The Morgan fingerprint density at radius 1 is 0.857 bits per heavy atom. The minimum Gasteiger partial charge on any atom is -0.358 e. The molecule has 2 heterocycles. The Balaban J connectivity index is 1.47. The van der Waals surface area contributed by atoms with Gasteiger partial charge in [-0.1, -0.05) is 91.0 Å². The zero-order valence-corrected chi connectivity index (χ0v) is 19.6. The minimum atomic E-state index is -0.823. The van der Waals surface area contributed by atoms with Crippen LogP contribution in [0, 0.1) is 6.92 Å². The molecular formula is C29H28N2O4. The summed E-state index contributed by atoms with van der Waals surface area (Å²) < 4.78 is 14.6. The Bertz CT molecular complexity index is 1280. The zero-order chi connectivity index (χ0) is 24.3. The fraction of sp³-hybridized carbons (Fsp3) is 0.241. The van der Waals surface area contributed by atoms with E-state index in [2.05, 4.69) is 41.4 Å². The summed E-state index contributed by atoms with van der Waals surface area (Å²) in [6, 6.07) is 30.6. The van der Waals surface area contributed by atoms with Gasteiger partial charge in [0.25, 0.3) is 5.56 Å². The summed E-state index contributed by atoms with van der Waals surface area (Å²) in [6.07, 6.45) is 2.33. The van der Waals surface area contributed by atoms with E-state index in [9.17, 15) is 9.59 Å². The number of hydrogen-bond acceptors (Lipinski definition) is 4. The van der Waals surface area contributed by atoms with Crippen molar-refractivity contribution >= 4 is 0 Å². The maximum Gasteiger partial charge on any atom is 0.330 e. The van der Waals surface area contributed by atoms with Crippen LogP contribution in [0.4, 0.5) is 0 Å². The van der Waals surface area contributed by atoms with Crippen molar-refractivity contribution in [1.82, 2.24) is 9.55 Å². The molecule has 0 spiro atoms. The molecule has 1 unspecified atom stereocenters. The molecule has 6 heteroatoms. The first-order chi connectivity index (χ1) is 17.1. The number of nitrogens with one attached hydrogen (secondary N) is 1. The van der Waals surface area contributed by atoms with Crippen molar-refractivity contribution in [3.63, 3.8) is 0 Å². The molecule has 6 nitrogen and oxygen atoms in total. The van der Waals surface area contributed by atoms with Crippen LogP contribution in [0.25, 0.3) is 0 Å². The molecule has 5 rings (SSSR count). The van der Waals surface area contributed by atoms with E-state index in [4.69, 9.17) is 9.47 Å². The van der Waals surface area contributed by atoms with E-state index in [-0.39, 0.29) is 11.7 Å². The van der Waals surface area contributed by atoms with Crippen LogP contribution >= 0.6 is 0 Å². The number of ether oxygens (including phenoxy) is 2. The highest BCUT2D eigenvalue weighted by molar-refractivity contribution is 5.47. The first kappa shape index (κ1) is 23.0. The number of H-pyrrole nitrogens is 1. The molecule has 0 aliphatic carbocycles. The van der Waals surface area contributed by atoms with E-state index in [1.165, 1.54) is 4.57 Å². The van der Waals surface area contributed by atoms with Crippen molar-refractivity contribution in [2.24, 2.45) is 0 Å². The van der Waals surface area contributed by atoms with Crippen LogP contribution in [0.5, 0.6) is 0 Å². The molecular weight excluding hydrogens is 440 g/mol. The summed E-state index contributed by atoms with van der Waals surface area (Å²) >= 11 is 0. The van der Waals surface area contributed by atoms with E-state index in [1.54, 1.807) is 13.1 Å². The van der Waals surface area contributed by atoms with Crippen LogP contribution in [-0.4, -0.2) is 22.3 Å². The van der Waals surface area contributed by atoms with Gasteiger partial charge in [0.2, 0.25) is 0 Å². The summed E-state index contributed by atoms with van der Waals surface area (Å²) in [5.41, 5.74) is 1.90. The second kappa shape index (κ2) is 9.86. The predicted molar refractivity (Wildman–Crippen MR) is 134 cm³/mol. The summed E-state index contributed by atoms with van der Waals surface area (Å²) in [5, 5.41) is 0. The smallest absolute Gasteiger partial charge is 0.330 e. The van der Waals surface area contributed by atoms with Gasteiger partial charge < -0.3 is 9.47 Å². The molecule has 0 saturated carbocycles. The Labute approximate surface area is 203 Å². The topological polar surface area (TPSA) is 73.3 Å². The largest absolute Gasteiger partial charge is 0.358 e. The molecule has 1 aliphatic rings. The number of hydrogen-bond donors (Lipinski definition) is 1. The van der Waals surface area contributed by atoms with E-state index in [0.29, 0.717) is 18.6 Å². The van der Waals surface area contributed by atoms with Gasteiger partial charge in [-0.15, -0.1) is 0 Å². The van der Waals surface area contributed by atoms with Gasteiger partial charge in [0.05, 0.1) is 12.7 Å². The van der Waals surface area contributed by atoms with Crippen molar-refractivity contribution in [2.75, 3.05) is 6.61 Å². The molecule has 3 aromatic carbocycles. The molecule has 178 valence electrons. The molecule has 4 aromatic rings. The van der Waals surface area contributed by atoms with Gasteiger partial charge in [0.1, 0.15) is 11.8 Å². The fourth-order valence-corrected chi connectivity index (χ4v) is 4.80. The number of benzene rings is 3. The third-order valence-electron chi connectivity index (χ3n) is 6.57. The fourth-order valence-electron chi connectivity index (χ4n) is 4.80. The second-order valence-corrected chi connectivity index (χ2v) is 8.86. The highest BCUT2D eigenvalue weighted by Gasteiger charge is 2.39. The summed E-state index contributed by atoms with van der Waals surface area (Å²) in [5.74, 6) is 0. The highest BCUT2D eigenvalue weighted by atomic mass is 16.6. The molecule has 0 amide bonds. The summed E-state index contributed by atoms with van der Waals surface area (Å²) in [6.45, 7) is 2.02. The molecule has 1 N–H and O–H groups in total. The van der Waals surface area contributed by atoms with Crippen LogP contribution in [0.1, 0.15) is 41.3 Å². The van der Waals surface area contributed by atoms with Crippen LogP contribution in [0.3, 0.4) is 0 Å². The van der Waals surface area contributed by atoms with Crippen molar-refractivity contribution in [2.45, 2.75) is 37.7 Å². The number of rotatable bonds is 7. The normalized spacial score (nSPS) is 18.0. The third-order valence-corrected chi connectivity index (χ3v) is 6.57. The number of nitrogens with zero attached hydrogens (tertiary/aromatic N) is 1. The van der Waals surface area contributed by atoms with Gasteiger partial charge in [0.15, 0.2) is 0 Å². The molecule has 35 heavy (non-hydrogen) atoms. The van der Waals surface area contributed by atoms with E-state index in [0.717, 1.165) is 23.1 Å². The van der Waals surface area contributed by atoms with Crippen molar-refractivity contribution in [1.29, 1.82) is 0 Å². The van der Waals surface area contributed by atoms with Gasteiger partial charge >= 0.3 is 5.69 Å². The lowest BCUT2D eigenvalue weighted by atomic mass is 9.80. The second-order valence-electron chi connectivity index (χ2n) is 8.86. The maximum absolute atomic E-state index is 12.4. The van der Waals surface area contributed by atoms with Gasteiger partial charge in [0, 0.05) is 11.8 Å². The van der Waals surface area contributed by atoms with Gasteiger partial charge in [-0.3, -0.25) is 14.3 Å². The van der Waals surface area contributed by atoms with Crippen LogP contribution in [0.2, 0.25) is 0 Å². The Kier molecular flexibility index (Phi) is 6.49. The van der Waals surface area contributed by atoms with Gasteiger partial charge in [-0.25, -0.2) is 4.79 Å². The van der Waals surface area contributed by atoms with Gasteiger partial charge in [-0.05, 0) is 36.5 Å². The van der Waals surface area contributed by atoms with Crippen LogP contribution in [0.15, 0.2) is 107 Å². The summed E-state index contributed by atoms with van der Waals surface area (Å²) in [4.78, 5) is 26.5. The molecule has 0 radical (unpaired) electrons. The average molecular weight is 469 g/mol. The Morgan fingerprint density at radius 3 is 1.89 bits per heavy atom. The number of aryl methyl sites for hydroxylation is 1. The lowest BCUT2D eigenvalue weighted by Gasteiger charge is -2.36. The van der Waals surface area contributed by atoms with E-state index in [1.807, 2.05) is 54.6 Å². The Morgan fingerprint density at radius 2 is 1.37 bits per heavy atom. The first-order valence-corrected chi connectivity index (χ1v) is 11.9. The number of aromatic amines is 1. The maximum atomic E-state index is 12.4. The SMILES string of the molecule is Cc1cn(C2CC[C@@H](COC(c3ccccc3)(c3ccccc3)c3ccccc3)O2)c(=O)[nH]c1=O. The van der Waals surface area contributed by atoms with E-state index < -0.39 is 17.5 Å². The Hall–Kier alpha value is -3.74. The van der Waals surface area contributed by atoms with Crippen LogP contribution in [-0.2, 0) is 15.1 Å². The average Bonchev–Trinajstić information content (AvgIpc) is 3.37. The van der Waals surface area contributed by atoms with E-state index >= 15 is 0 Å². The highest BCUT2D eigenvalue weighted by Crippen LogP contribution is 2.41. The lowest BCUT2D eigenvalue weighted by Crippen LogP contribution is -2.36.